The zero-order valence-electron chi connectivity index (χ0n) is 10.8. The van der Waals surface area contributed by atoms with Crippen molar-refractivity contribution in [3.63, 3.8) is 0 Å². The highest BCUT2D eigenvalue weighted by Gasteiger charge is 2.35. The first-order chi connectivity index (χ1) is 8.66. The van der Waals surface area contributed by atoms with Crippen LogP contribution in [0.5, 0.6) is 0 Å². The van der Waals surface area contributed by atoms with Crippen molar-refractivity contribution in [1.82, 2.24) is 0 Å². The molecule has 0 spiro atoms. The van der Waals surface area contributed by atoms with Crippen LogP contribution in [-0.4, -0.2) is 17.7 Å². The fraction of sp³-hybridized carbons (Fsp3) is 0.600. The summed E-state index contributed by atoms with van der Waals surface area (Å²) in [5.74, 6) is 0.486. The van der Waals surface area contributed by atoms with Crippen LogP contribution in [-0.2, 0) is 0 Å². The van der Waals surface area contributed by atoms with Gasteiger partial charge in [0.2, 0.25) is 0 Å². The Morgan fingerprint density at radius 3 is 2.61 bits per heavy atom. The van der Waals surface area contributed by atoms with Gasteiger partial charge in [-0.1, -0.05) is 6.07 Å². The third kappa shape index (κ3) is 2.37. The molecule has 0 aliphatic heterocycles. The Hall–Kier alpha value is -1.09. The molecule has 2 saturated carbocycles. The summed E-state index contributed by atoms with van der Waals surface area (Å²) >= 11 is 0. The van der Waals surface area contributed by atoms with E-state index >= 15 is 0 Å². The number of nitrogens with zero attached hydrogens (tertiary/aromatic N) is 1. The standard InChI is InChI=1S/C15H20FNO/c1-10(18)15-13(16)3-2-4-14(15)17(12-7-8-12)9-11-5-6-11/h2-4,10-12,18H,5-9H2,1H3/t10-/m1/s1. The Kier molecular flexibility index (Phi) is 3.02. The van der Waals surface area contributed by atoms with Crippen LogP contribution >= 0.6 is 0 Å². The number of halogens is 1. The highest BCUT2D eigenvalue weighted by atomic mass is 19.1. The molecule has 0 bridgehead atoms. The van der Waals surface area contributed by atoms with Gasteiger partial charge < -0.3 is 10.0 Å². The second-order valence-corrected chi connectivity index (χ2v) is 5.68. The van der Waals surface area contributed by atoms with E-state index in [9.17, 15) is 9.50 Å². The van der Waals surface area contributed by atoms with E-state index in [-0.39, 0.29) is 5.82 Å². The van der Waals surface area contributed by atoms with Crippen molar-refractivity contribution in [2.75, 3.05) is 11.4 Å². The Balaban J connectivity index is 1.94. The number of hydrogen-bond donors (Lipinski definition) is 1. The van der Waals surface area contributed by atoms with Gasteiger partial charge in [0.25, 0.3) is 0 Å². The highest BCUT2D eigenvalue weighted by Crippen LogP contribution is 2.40. The topological polar surface area (TPSA) is 23.5 Å². The Labute approximate surface area is 107 Å². The van der Waals surface area contributed by atoms with Crippen LogP contribution in [0, 0.1) is 11.7 Å². The molecule has 0 unspecified atom stereocenters. The molecule has 0 radical (unpaired) electrons. The summed E-state index contributed by atoms with van der Waals surface area (Å²) in [5, 5.41) is 9.82. The van der Waals surface area contributed by atoms with Gasteiger partial charge in [-0.05, 0) is 50.7 Å². The smallest absolute Gasteiger partial charge is 0.131 e. The fourth-order valence-electron chi connectivity index (χ4n) is 2.60. The molecule has 0 amide bonds. The third-order valence-electron chi connectivity index (χ3n) is 3.90. The number of aliphatic hydroxyl groups is 1. The zero-order valence-corrected chi connectivity index (χ0v) is 10.8. The number of rotatable bonds is 5. The molecule has 2 fully saturated rings. The van der Waals surface area contributed by atoms with Crippen LogP contribution in [0.2, 0.25) is 0 Å². The van der Waals surface area contributed by atoms with E-state index in [1.165, 1.54) is 31.7 Å². The first kappa shape index (κ1) is 12.0. The minimum absolute atomic E-state index is 0.288. The van der Waals surface area contributed by atoms with Crippen molar-refractivity contribution in [1.29, 1.82) is 0 Å². The molecular formula is C15H20FNO. The summed E-state index contributed by atoms with van der Waals surface area (Å²) in [6, 6.07) is 5.70. The second kappa shape index (κ2) is 4.54. The van der Waals surface area contributed by atoms with Crippen molar-refractivity contribution in [2.45, 2.75) is 44.8 Å². The lowest BCUT2D eigenvalue weighted by Gasteiger charge is -2.28. The molecule has 3 heteroatoms. The van der Waals surface area contributed by atoms with Crippen LogP contribution in [0.3, 0.4) is 0 Å². The van der Waals surface area contributed by atoms with Gasteiger partial charge in [-0.25, -0.2) is 4.39 Å². The van der Waals surface area contributed by atoms with Gasteiger partial charge in [0, 0.05) is 23.8 Å². The average Bonchev–Trinajstić information content (AvgIpc) is 3.17. The summed E-state index contributed by atoms with van der Waals surface area (Å²) in [4.78, 5) is 2.32. The van der Waals surface area contributed by atoms with Crippen molar-refractivity contribution >= 4 is 5.69 Å². The zero-order chi connectivity index (χ0) is 12.7. The summed E-state index contributed by atoms with van der Waals surface area (Å²) in [7, 11) is 0. The van der Waals surface area contributed by atoms with E-state index in [0.717, 1.165) is 18.2 Å². The molecule has 0 saturated heterocycles. The van der Waals surface area contributed by atoms with Crippen LogP contribution in [0.25, 0.3) is 0 Å². The van der Waals surface area contributed by atoms with Gasteiger partial charge in [0.1, 0.15) is 5.82 Å². The Bertz CT molecular complexity index is 438. The van der Waals surface area contributed by atoms with Gasteiger partial charge in [-0.2, -0.15) is 0 Å². The van der Waals surface area contributed by atoms with Gasteiger partial charge in [-0.15, -0.1) is 0 Å². The summed E-state index contributed by atoms with van der Waals surface area (Å²) in [5.41, 5.74) is 1.37. The van der Waals surface area contributed by atoms with Gasteiger partial charge in [0.05, 0.1) is 6.10 Å². The van der Waals surface area contributed by atoms with Crippen LogP contribution in [0.4, 0.5) is 10.1 Å². The molecule has 1 N–H and O–H groups in total. The van der Waals surface area contributed by atoms with Crippen molar-refractivity contribution < 1.29 is 9.50 Å². The molecular weight excluding hydrogens is 229 g/mol. The molecule has 2 aliphatic rings. The fourth-order valence-corrected chi connectivity index (χ4v) is 2.60. The molecule has 0 aromatic heterocycles. The van der Waals surface area contributed by atoms with Crippen molar-refractivity contribution in [3.05, 3.63) is 29.6 Å². The first-order valence-corrected chi connectivity index (χ1v) is 6.90. The molecule has 1 atom stereocenters. The first-order valence-electron chi connectivity index (χ1n) is 6.90. The lowest BCUT2D eigenvalue weighted by Crippen LogP contribution is -2.29. The number of aliphatic hydroxyl groups excluding tert-OH is 1. The highest BCUT2D eigenvalue weighted by molar-refractivity contribution is 5.57. The molecule has 2 aliphatic carbocycles. The van der Waals surface area contributed by atoms with E-state index in [1.54, 1.807) is 13.0 Å². The maximum absolute atomic E-state index is 13.9. The van der Waals surface area contributed by atoms with E-state index in [4.69, 9.17) is 0 Å². The number of anilines is 1. The van der Waals surface area contributed by atoms with E-state index in [0.29, 0.717) is 11.6 Å². The van der Waals surface area contributed by atoms with Crippen LogP contribution in [0.1, 0.15) is 44.3 Å². The van der Waals surface area contributed by atoms with Crippen molar-refractivity contribution in [3.8, 4) is 0 Å². The molecule has 3 rings (SSSR count). The summed E-state index contributed by atoms with van der Waals surface area (Å²) in [6.45, 7) is 2.66. The second-order valence-electron chi connectivity index (χ2n) is 5.68. The Morgan fingerprint density at radius 1 is 1.33 bits per heavy atom. The maximum Gasteiger partial charge on any atom is 0.131 e. The minimum Gasteiger partial charge on any atom is -0.389 e. The van der Waals surface area contributed by atoms with E-state index in [2.05, 4.69) is 4.90 Å². The molecule has 2 nitrogen and oxygen atoms in total. The molecule has 0 heterocycles. The monoisotopic (exact) mass is 249 g/mol. The van der Waals surface area contributed by atoms with Crippen molar-refractivity contribution in [2.24, 2.45) is 5.92 Å². The van der Waals surface area contributed by atoms with Gasteiger partial charge in [0.15, 0.2) is 0 Å². The number of benzene rings is 1. The molecule has 98 valence electrons. The lowest BCUT2D eigenvalue weighted by molar-refractivity contribution is 0.194. The van der Waals surface area contributed by atoms with Gasteiger partial charge >= 0.3 is 0 Å². The summed E-state index contributed by atoms with van der Waals surface area (Å²) in [6.07, 6.45) is 4.23. The molecule has 18 heavy (non-hydrogen) atoms. The van der Waals surface area contributed by atoms with E-state index in [1.807, 2.05) is 6.07 Å². The SMILES string of the molecule is C[C@@H](O)c1c(F)cccc1N(CC1CC1)C1CC1. The third-order valence-corrected chi connectivity index (χ3v) is 3.90. The molecule has 1 aromatic carbocycles. The largest absolute Gasteiger partial charge is 0.389 e. The lowest BCUT2D eigenvalue weighted by atomic mass is 10.1. The average molecular weight is 249 g/mol. The van der Waals surface area contributed by atoms with Crippen LogP contribution in [0.15, 0.2) is 18.2 Å². The predicted octanol–water partition coefficient (Wildman–Crippen LogP) is 3.26. The predicted molar refractivity (Wildman–Crippen MR) is 70.1 cm³/mol. The minimum atomic E-state index is -0.748. The molecule has 1 aromatic rings. The van der Waals surface area contributed by atoms with Crippen LogP contribution < -0.4 is 4.90 Å². The maximum atomic E-state index is 13.9. The normalized spacial score (nSPS) is 20.8. The summed E-state index contributed by atoms with van der Waals surface area (Å²) < 4.78 is 13.9. The number of hydrogen-bond acceptors (Lipinski definition) is 2. The van der Waals surface area contributed by atoms with E-state index < -0.39 is 6.10 Å². The van der Waals surface area contributed by atoms with Gasteiger partial charge in [-0.3, -0.25) is 0 Å². The Morgan fingerprint density at radius 2 is 2.06 bits per heavy atom. The quantitative estimate of drug-likeness (QED) is 0.865.